The summed E-state index contributed by atoms with van der Waals surface area (Å²) in [5.74, 6) is -1.57. The lowest BCUT2D eigenvalue weighted by Crippen LogP contribution is -2.46. The average Bonchev–Trinajstić information content (AvgIpc) is 2.78. The Bertz CT molecular complexity index is 730. The summed E-state index contributed by atoms with van der Waals surface area (Å²) < 4.78 is 0. The number of nitrogens with zero attached hydrogens (tertiary/aromatic N) is 1. The van der Waals surface area contributed by atoms with E-state index in [9.17, 15) is 24.6 Å². The van der Waals surface area contributed by atoms with Crippen LogP contribution in [0.4, 0.5) is 0 Å². The molecule has 8 nitrogen and oxygen atoms in total. The van der Waals surface area contributed by atoms with Gasteiger partial charge in [-0.2, -0.15) is 0 Å². The third kappa shape index (κ3) is 8.05. The van der Waals surface area contributed by atoms with E-state index in [1.807, 2.05) is 18.2 Å². The Hall–Kier alpha value is -2.29. The van der Waals surface area contributed by atoms with Crippen LogP contribution in [0.1, 0.15) is 38.7 Å². The van der Waals surface area contributed by atoms with E-state index in [0.717, 1.165) is 32.5 Å². The molecule has 0 aromatic heterocycles. The Morgan fingerprint density at radius 1 is 1.13 bits per heavy atom. The van der Waals surface area contributed by atoms with Gasteiger partial charge in [-0.1, -0.05) is 44.2 Å². The quantitative estimate of drug-likeness (QED) is 0.377. The molecule has 1 atom stereocenters. The highest BCUT2D eigenvalue weighted by Gasteiger charge is 2.32. The fourth-order valence-corrected chi connectivity index (χ4v) is 3.48. The second-order valence-electron chi connectivity index (χ2n) is 8.93. The number of carbonyl (C=O) groups excluding carboxylic acids is 3. The molecule has 0 aliphatic carbocycles. The lowest BCUT2D eigenvalue weighted by Gasteiger charge is -2.32. The number of likely N-dealkylation sites (tertiary alicyclic amines) is 1. The second-order valence-corrected chi connectivity index (χ2v) is 8.93. The molecule has 2 rings (SSSR count). The standard InChI is InChI=1S/C23H35N3O5/c1-23(2,16-27)20(29)22(31)24-11-8-19(28)21(30)25-14-17-9-12-26(13-10-17)15-18-6-4-3-5-7-18/h3-7,17,20,27,29H,8-16H2,1-2H3,(H,24,31)(H,25,30)/t20-/m0/s1. The molecule has 2 amide bonds. The topological polar surface area (TPSA) is 119 Å². The first-order valence-corrected chi connectivity index (χ1v) is 10.9. The van der Waals surface area contributed by atoms with Gasteiger partial charge in [0.05, 0.1) is 6.61 Å². The van der Waals surface area contributed by atoms with Gasteiger partial charge in [-0.05, 0) is 37.4 Å². The van der Waals surface area contributed by atoms with Gasteiger partial charge < -0.3 is 20.8 Å². The molecular formula is C23H35N3O5. The second kappa shape index (κ2) is 11.9. The fraction of sp³-hybridized carbons (Fsp3) is 0.609. The van der Waals surface area contributed by atoms with Gasteiger partial charge in [0, 0.05) is 31.5 Å². The molecule has 1 saturated heterocycles. The Labute approximate surface area is 184 Å². The number of amides is 2. The first-order chi connectivity index (χ1) is 14.7. The SMILES string of the molecule is CC(C)(CO)[C@@H](O)C(=O)NCCC(=O)C(=O)NCC1CCN(Cc2ccccc2)CC1. The van der Waals surface area contributed by atoms with E-state index >= 15 is 0 Å². The number of nitrogens with one attached hydrogen (secondary N) is 2. The number of benzene rings is 1. The highest BCUT2D eigenvalue weighted by molar-refractivity contribution is 6.36. The molecule has 0 radical (unpaired) electrons. The number of piperidine rings is 1. The zero-order valence-electron chi connectivity index (χ0n) is 18.5. The van der Waals surface area contributed by atoms with Gasteiger partial charge in [-0.25, -0.2) is 0 Å². The summed E-state index contributed by atoms with van der Waals surface area (Å²) in [6.45, 7) is 6.04. The largest absolute Gasteiger partial charge is 0.396 e. The van der Waals surface area contributed by atoms with E-state index in [1.54, 1.807) is 13.8 Å². The maximum absolute atomic E-state index is 12.0. The van der Waals surface area contributed by atoms with E-state index in [0.29, 0.717) is 12.5 Å². The molecule has 0 bridgehead atoms. The predicted molar refractivity (Wildman–Crippen MR) is 117 cm³/mol. The Morgan fingerprint density at radius 3 is 2.39 bits per heavy atom. The van der Waals surface area contributed by atoms with Crippen molar-refractivity contribution in [2.24, 2.45) is 11.3 Å². The van der Waals surface area contributed by atoms with Crippen molar-refractivity contribution in [3.05, 3.63) is 35.9 Å². The zero-order chi connectivity index (χ0) is 22.9. The smallest absolute Gasteiger partial charge is 0.287 e. The van der Waals surface area contributed by atoms with Gasteiger partial charge in [0.25, 0.3) is 5.91 Å². The molecule has 4 N–H and O–H groups in total. The van der Waals surface area contributed by atoms with Crippen molar-refractivity contribution in [2.45, 2.75) is 45.8 Å². The van der Waals surface area contributed by atoms with E-state index in [1.165, 1.54) is 5.56 Å². The van der Waals surface area contributed by atoms with E-state index < -0.39 is 29.1 Å². The third-order valence-corrected chi connectivity index (χ3v) is 5.81. The maximum atomic E-state index is 12.0. The van der Waals surface area contributed by atoms with Crippen LogP contribution >= 0.6 is 0 Å². The number of ketones is 1. The van der Waals surface area contributed by atoms with Crippen molar-refractivity contribution in [1.29, 1.82) is 0 Å². The number of hydrogen-bond acceptors (Lipinski definition) is 6. The lowest BCUT2D eigenvalue weighted by molar-refractivity contribution is -0.139. The molecular weight excluding hydrogens is 398 g/mol. The minimum Gasteiger partial charge on any atom is -0.396 e. The Morgan fingerprint density at radius 2 is 1.77 bits per heavy atom. The maximum Gasteiger partial charge on any atom is 0.287 e. The first-order valence-electron chi connectivity index (χ1n) is 10.9. The van der Waals surface area contributed by atoms with Gasteiger partial charge in [0.1, 0.15) is 6.10 Å². The van der Waals surface area contributed by atoms with Crippen LogP contribution in [0.3, 0.4) is 0 Å². The lowest BCUT2D eigenvalue weighted by atomic mass is 9.87. The normalized spacial score (nSPS) is 16.5. The molecule has 1 aliphatic heterocycles. The van der Waals surface area contributed by atoms with Crippen molar-refractivity contribution < 1.29 is 24.6 Å². The van der Waals surface area contributed by atoms with Crippen LogP contribution in [0.25, 0.3) is 0 Å². The molecule has 31 heavy (non-hydrogen) atoms. The number of hydrogen-bond donors (Lipinski definition) is 4. The molecule has 172 valence electrons. The summed E-state index contributed by atoms with van der Waals surface area (Å²) in [6.07, 6.45) is 0.403. The highest BCUT2D eigenvalue weighted by Crippen LogP contribution is 2.20. The monoisotopic (exact) mass is 433 g/mol. The Balaban J connectivity index is 1.62. The van der Waals surface area contributed by atoms with Gasteiger partial charge in [-0.15, -0.1) is 0 Å². The molecule has 1 fully saturated rings. The van der Waals surface area contributed by atoms with Crippen LogP contribution in [0, 0.1) is 11.3 Å². The van der Waals surface area contributed by atoms with Crippen molar-refractivity contribution >= 4 is 17.6 Å². The van der Waals surface area contributed by atoms with Gasteiger partial charge >= 0.3 is 0 Å². The summed E-state index contributed by atoms with van der Waals surface area (Å²) in [6, 6.07) is 10.3. The molecule has 1 aromatic carbocycles. The molecule has 1 aliphatic rings. The summed E-state index contributed by atoms with van der Waals surface area (Å²) >= 11 is 0. The van der Waals surface area contributed by atoms with Gasteiger partial charge in [0.2, 0.25) is 11.7 Å². The number of carbonyl (C=O) groups is 3. The average molecular weight is 434 g/mol. The number of rotatable bonds is 11. The fourth-order valence-electron chi connectivity index (χ4n) is 3.48. The minimum absolute atomic E-state index is 0.0401. The third-order valence-electron chi connectivity index (χ3n) is 5.81. The zero-order valence-corrected chi connectivity index (χ0v) is 18.5. The molecule has 1 heterocycles. The van der Waals surface area contributed by atoms with Crippen LogP contribution in [0.15, 0.2) is 30.3 Å². The number of aliphatic hydroxyl groups excluding tert-OH is 2. The molecule has 0 saturated carbocycles. The first kappa shape index (κ1) is 25.0. The molecule has 0 spiro atoms. The van der Waals surface area contributed by atoms with Crippen LogP contribution in [0.5, 0.6) is 0 Å². The summed E-state index contributed by atoms with van der Waals surface area (Å²) in [5.41, 5.74) is 0.307. The van der Waals surface area contributed by atoms with Crippen LogP contribution in [0.2, 0.25) is 0 Å². The number of Topliss-reactive ketones (excluding diaryl/α,β-unsaturated/α-hetero) is 1. The minimum atomic E-state index is -1.39. The summed E-state index contributed by atoms with van der Waals surface area (Å²) in [4.78, 5) is 38.3. The van der Waals surface area contributed by atoms with Crippen molar-refractivity contribution in [3.8, 4) is 0 Å². The van der Waals surface area contributed by atoms with Crippen LogP contribution in [-0.2, 0) is 20.9 Å². The van der Waals surface area contributed by atoms with Crippen LogP contribution in [-0.4, -0.2) is 71.6 Å². The van der Waals surface area contributed by atoms with Crippen molar-refractivity contribution in [1.82, 2.24) is 15.5 Å². The van der Waals surface area contributed by atoms with E-state index in [4.69, 9.17) is 0 Å². The van der Waals surface area contributed by atoms with E-state index in [2.05, 4.69) is 27.7 Å². The van der Waals surface area contributed by atoms with Gasteiger partial charge in [-0.3, -0.25) is 19.3 Å². The number of aliphatic hydroxyl groups is 2. The molecule has 1 aromatic rings. The van der Waals surface area contributed by atoms with Crippen molar-refractivity contribution in [3.63, 3.8) is 0 Å². The van der Waals surface area contributed by atoms with Gasteiger partial charge in [0.15, 0.2) is 0 Å². The van der Waals surface area contributed by atoms with Crippen LogP contribution < -0.4 is 10.6 Å². The van der Waals surface area contributed by atoms with E-state index in [-0.39, 0.29) is 19.6 Å². The summed E-state index contributed by atoms with van der Waals surface area (Å²) in [7, 11) is 0. The Kier molecular flexibility index (Phi) is 9.61. The highest BCUT2D eigenvalue weighted by atomic mass is 16.3. The molecule has 8 heteroatoms. The summed E-state index contributed by atoms with van der Waals surface area (Å²) in [5, 5.41) is 24.2. The van der Waals surface area contributed by atoms with Crippen molar-refractivity contribution in [2.75, 3.05) is 32.8 Å². The molecule has 0 unspecified atom stereocenters. The predicted octanol–water partition coefficient (Wildman–Crippen LogP) is 0.470.